The lowest BCUT2D eigenvalue weighted by atomic mass is 9.68. The second-order valence-corrected chi connectivity index (χ2v) is 10.0. The van der Waals surface area contributed by atoms with E-state index < -0.39 is 6.61 Å². The predicted molar refractivity (Wildman–Crippen MR) is 131 cm³/mol. The average molecular weight is 474 g/mol. The fourth-order valence-electron chi connectivity index (χ4n) is 5.78. The fraction of sp³-hybridized carbons (Fsp3) is 0.536. The fourth-order valence-corrected chi connectivity index (χ4v) is 5.99. The highest BCUT2D eigenvalue weighted by molar-refractivity contribution is 6.25. The lowest BCUT2D eigenvalue weighted by Crippen LogP contribution is -2.25. The second kappa shape index (κ2) is 12.0. The highest BCUT2D eigenvalue weighted by Gasteiger charge is 2.30. The summed E-state index contributed by atoms with van der Waals surface area (Å²) < 4.78 is 29.0. The van der Waals surface area contributed by atoms with E-state index in [4.69, 9.17) is 11.6 Å². The smallest absolute Gasteiger partial charge is 0.387 e. The van der Waals surface area contributed by atoms with Crippen LogP contribution in [-0.4, -0.2) is 11.6 Å². The predicted octanol–water partition coefficient (Wildman–Crippen LogP) is 8.65. The number of aryl methyl sites for hydroxylation is 1. The molecule has 2 nitrogen and oxygen atoms in total. The summed E-state index contributed by atoms with van der Waals surface area (Å²) >= 11 is 5.75. The first-order chi connectivity index (χ1) is 16.1. The number of pyridine rings is 1. The molecule has 0 spiro atoms. The van der Waals surface area contributed by atoms with Gasteiger partial charge in [-0.25, -0.2) is 0 Å². The molecule has 0 atom stereocenters. The minimum absolute atomic E-state index is 0.163. The van der Waals surface area contributed by atoms with Gasteiger partial charge in [0, 0.05) is 17.3 Å². The Kier molecular flexibility index (Phi) is 8.77. The van der Waals surface area contributed by atoms with E-state index in [1.807, 2.05) is 12.3 Å². The van der Waals surface area contributed by atoms with Gasteiger partial charge in [-0.15, -0.1) is 0 Å². The number of aromatic nitrogens is 1. The molecule has 0 radical (unpaired) electrons. The molecular weight excluding hydrogens is 440 g/mol. The van der Waals surface area contributed by atoms with Crippen molar-refractivity contribution >= 4 is 11.6 Å². The van der Waals surface area contributed by atoms with E-state index in [0.717, 1.165) is 35.4 Å². The number of ether oxygens (including phenoxy) is 1. The van der Waals surface area contributed by atoms with Crippen LogP contribution in [0.1, 0.15) is 63.4 Å². The Bertz CT molecular complexity index is 868. The molecule has 1 aromatic carbocycles. The van der Waals surface area contributed by atoms with Crippen LogP contribution in [0.4, 0.5) is 8.78 Å². The number of hydrogen-bond acceptors (Lipinski definition) is 2. The first-order valence-corrected chi connectivity index (χ1v) is 12.8. The van der Waals surface area contributed by atoms with Crippen LogP contribution in [0.2, 0.25) is 0 Å². The van der Waals surface area contributed by atoms with Gasteiger partial charge in [-0.3, -0.25) is 4.98 Å². The summed E-state index contributed by atoms with van der Waals surface area (Å²) in [5.41, 5.74) is 4.71. The van der Waals surface area contributed by atoms with E-state index in [1.165, 1.54) is 63.4 Å². The first-order valence-electron chi connectivity index (χ1n) is 12.4. The van der Waals surface area contributed by atoms with Gasteiger partial charge in [0.25, 0.3) is 0 Å². The maximum atomic E-state index is 12.3. The summed E-state index contributed by atoms with van der Waals surface area (Å²) in [5.74, 6) is 3.56. The third-order valence-electron chi connectivity index (χ3n) is 7.76. The van der Waals surface area contributed by atoms with Crippen LogP contribution in [0.5, 0.6) is 5.75 Å². The summed E-state index contributed by atoms with van der Waals surface area (Å²) in [6.07, 6.45) is 17.3. The minimum Gasteiger partial charge on any atom is -0.435 e. The Balaban J connectivity index is 1.20. The van der Waals surface area contributed by atoms with Gasteiger partial charge in [0.05, 0.1) is 5.69 Å². The molecule has 2 saturated carbocycles. The van der Waals surface area contributed by atoms with Crippen LogP contribution in [0.25, 0.3) is 11.3 Å². The summed E-state index contributed by atoms with van der Waals surface area (Å²) in [6, 6.07) is 10.8. The number of hydrogen-bond donors (Lipinski definition) is 0. The molecule has 2 fully saturated rings. The second-order valence-electron chi connectivity index (χ2n) is 9.77. The Morgan fingerprint density at radius 1 is 0.909 bits per heavy atom. The molecule has 2 aromatic rings. The van der Waals surface area contributed by atoms with Crippen LogP contribution in [-0.2, 0) is 6.42 Å². The molecule has 0 saturated heterocycles. The van der Waals surface area contributed by atoms with E-state index in [-0.39, 0.29) is 5.75 Å². The van der Waals surface area contributed by atoms with E-state index in [2.05, 4.69) is 21.9 Å². The van der Waals surface area contributed by atoms with Gasteiger partial charge in [0.15, 0.2) is 0 Å². The van der Waals surface area contributed by atoms with Crippen molar-refractivity contribution in [2.24, 2.45) is 23.7 Å². The summed E-state index contributed by atoms with van der Waals surface area (Å²) in [5, 5.41) is 0. The number of nitrogens with zero attached hydrogens (tertiary/aromatic N) is 1. The molecule has 0 bridgehead atoms. The summed E-state index contributed by atoms with van der Waals surface area (Å²) in [7, 11) is 0. The van der Waals surface area contributed by atoms with Gasteiger partial charge in [-0.05, 0) is 111 Å². The van der Waals surface area contributed by atoms with E-state index in [1.54, 1.807) is 29.8 Å². The number of halogens is 3. The maximum Gasteiger partial charge on any atom is 0.387 e. The molecule has 178 valence electrons. The standard InChI is InChI=1S/C28H34ClF2NO/c29-18-17-21-5-10-24(11-6-21)23-8-3-20(4-9-23)1-2-22-7-16-27(32-19-22)25-12-14-26(15-13-25)33-28(30)31/h7,12-21,23-24,28H,1-6,8-11H2/b18-17+. The van der Waals surface area contributed by atoms with E-state index in [9.17, 15) is 8.78 Å². The van der Waals surface area contributed by atoms with Gasteiger partial charge in [-0.1, -0.05) is 36.6 Å². The molecule has 2 aliphatic carbocycles. The lowest BCUT2D eigenvalue weighted by molar-refractivity contribution is -0.0498. The SMILES string of the molecule is FC(F)Oc1ccc(-c2ccc(CCC3CCC(C4CCC(/C=C/Cl)CC4)CC3)cn2)cc1. The van der Waals surface area contributed by atoms with Gasteiger partial charge in [0.2, 0.25) is 0 Å². The molecule has 1 aromatic heterocycles. The van der Waals surface area contributed by atoms with Crippen LogP contribution in [0, 0.1) is 23.7 Å². The molecule has 0 aliphatic heterocycles. The van der Waals surface area contributed by atoms with Gasteiger partial charge in [-0.2, -0.15) is 8.78 Å². The number of benzene rings is 1. The van der Waals surface area contributed by atoms with Gasteiger partial charge < -0.3 is 4.74 Å². The quantitative estimate of drug-likeness (QED) is 0.382. The highest BCUT2D eigenvalue weighted by Crippen LogP contribution is 2.42. The number of alkyl halides is 2. The molecule has 0 unspecified atom stereocenters. The topological polar surface area (TPSA) is 22.1 Å². The average Bonchev–Trinajstić information content (AvgIpc) is 2.84. The molecule has 33 heavy (non-hydrogen) atoms. The Labute approximate surface area is 201 Å². The van der Waals surface area contributed by atoms with E-state index in [0.29, 0.717) is 5.92 Å². The van der Waals surface area contributed by atoms with Gasteiger partial charge >= 0.3 is 6.61 Å². The summed E-state index contributed by atoms with van der Waals surface area (Å²) in [6.45, 7) is -2.80. The molecule has 1 heterocycles. The zero-order valence-electron chi connectivity index (χ0n) is 19.1. The number of rotatable bonds is 8. The van der Waals surface area contributed by atoms with Gasteiger partial charge in [0.1, 0.15) is 5.75 Å². The molecule has 0 amide bonds. The largest absolute Gasteiger partial charge is 0.435 e. The molecule has 4 rings (SSSR count). The highest BCUT2D eigenvalue weighted by atomic mass is 35.5. The Hall–Kier alpha value is -1.94. The Morgan fingerprint density at radius 2 is 1.58 bits per heavy atom. The monoisotopic (exact) mass is 473 g/mol. The molecular formula is C28H34ClF2NO. The first kappa shape index (κ1) is 24.2. The van der Waals surface area contributed by atoms with Crippen LogP contribution in [0.3, 0.4) is 0 Å². The zero-order chi connectivity index (χ0) is 23.0. The minimum atomic E-state index is -2.80. The third-order valence-corrected chi connectivity index (χ3v) is 7.91. The lowest BCUT2D eigenvalue weighted by Gasteiger charge is -2.37. The van der Waals surface area contributed by atoms with Crippen LogP contribution < -0.4 is 4.74 Å². The van der Waals surface area contributed by atoms with Crippen LogP contribution in [0.15, 0.2) is 54.2 Å². The zero-order valence-corrected chi connectivity index (χ0v) is 19.9. The maximum absolute atomic E-state index is 12.3. The molecule has 2 aliphatic rings. The molecule has 5 heteroatoms. The summed E-state index contributed by atoms with van der Waals surface area (Å²) in [4.78, 5) is 4.59. The van der Waals surface area contributed by atoms with Crippen LogP contribution >= 0.6 is 11.6 Å². The molecule has 0 N–H and O–H groups in total. The van der Waals surface area contributed by atoms with Crippen molar-refractivity contribution in [3.63, 3.8) is 0 Å². The van der Waals surface area contributed by atoms with E-state index >= 15 is 0 Å². The Morgan fingerprint density at radius 3 is 2.15 bits per heavy atom. The van der Waals surface area contributed by atoms with Crippen molar-refractivity contribution in [3.8, 4) is 17.0 Å². The van der Waals surface area contributed by atoms with Crippen molar-refractivity contribution in [3.05, 3.63) is 59.8 Å². The van der Waals surface area contributed by atoms with Crippen molar-refractivity contribution in [1.82, 2.24) is 4.98 Å². The number of allylic oxidation sites excluding steroid dienone is 1. The van der Waals surface area contributed by atoms with Crippen molar-refractivity contribution in [2.75, 3.05) is 0 Å². The third kappa shape index (κ3) is 7.02. The van der Waals surface area contributed by atoms with Crippen molar-refractivity contribution < 1.29 is 13.5 Å². The van der Waals surface area contributed by atoms with Crippen molar-refractivity contribution in [1.29, 1.82) is 0 Å². The van der Waals surface area contributed by atoms with Crippen molar-refractivity contribution in [2.45, 2.75) is 70.8 Å². The normalized spacial score (nSPS) is 26.1.